The summed E-state index contributed by atoms with van der Waals surface area (Å²) in [6.45, 7) is 8.11. The monoisotopic (exact) mass is 390 g/mol. The van der Waals surface area contributed by atoms with Gasteiger partial charge in [-0.05, 0) is 38.5 Å². The molecule has 1 fully saturated rings. The number of hydrogen-bond acceptors (Lipinski definition) is 4. The van der Waals surface area contributed by atoms with Crippen molar-refractivity contribution in [2.75, 3.05) is 31.1 Å². The summed E-state index contributed by atoms with van der Waals surface area (Å²) in [5.74, 6) is 1.29. The average Bonchev–Trinajstić information content (AvgIpc) is 2.63. The molecule has 27 heavy (non-hydrogen) atoms. The van der Waals surface area contributed by atoms with Crippen molar-refractivity contribution < 1.29 is 9.18 Å². The highest BCUT2D eigenvalue weighted by Gasteiger charge is 2.26. The van der Waals surface area contributed by atoms with Gasteiger partial charge in [0.2, 0.25) is 5.91 Å². The minimum absolute atomic E-state index is 0.0358. The zero-order valence-corrected chi connectivity index (χ0v) is 16.6. The van der Waals surface area contributed by atoms with Crippen molar-refractivity contribution in [3.63, 3.8) is 0 Å². The van der Waals surface area contributed by atoms with Crippen molar-refractivity contribution in [3.8, 4) is 0 Å². The van der Waals surface area contributed by atoms with Crippen LogP contribution >= 0.6 is 11.6 Å². The third-order valence-electron chi connectivity index (χ3n) is 4.80. The van der Waals surface area contributed by atoms with Crippen LogP contribution in [0.5, 0.6) is 0 Å². The second-order valence-electron chi connectivity index (χ2n) is 6.89. The maximum Gasteiger partial charge on any atom is 0.240 e. The van der Waals surface area contributed by atoms with Crippen LogP contribution in [0.25, 0.3) is 0 Å². The van der Waals surface area contributed by atoms with Crippen LogP contribution in [-0.4, -0.2) is 52.3 Å². The average molecular weight is 391 g/mol. The summed E-state index contributed by atoms with van der Waals surface area (Å²) < 4.78 is 13.6. The van der Waals surface area contributed by atoms with Gasteiger partial charge in [0.15, 0.2) is 0 Å². The summed E-state index contributed by atoms with van der Waals surface area (Å²) in [6.07, 6.45) is 0.567. The Hall–Kier alpha value is -2.21. The molecule has 0 N–H and O–H groups in total. The van der Waals surface area contributed by atoms with E-state index in [1.54, 1.807) is 24.0 Å². The maximum absolute atomic E-state index is 13.6. The van der Waals surface area contributed by atoms with Crippen molar-refractivity contribution in [2.45, 2.75) is 32.6 Å². The fourth-order valence-corrected chi connectivity index (χ4v) is 3.57. The number of alkyl halides is 1. The number of anilines is 1. The van der Waals surface area contributed by atoms with Gasteiger partial charge in [0.1, 0.15) is 22.8 Å². The first-order chi connectivity index (χ1) is 12.8. The zero-order chi connectivity index (χ0) is 19.6. The highest BCUT2D eigenvalue weighted by Crippen LogP contribution is 2.25. The molecule has 2 heterocycles. The molecule has 0 spiro atoms. The maximum atomic E-state index is 13.6. The van der Waals surface area contributed by atoms with E-state index in [9.17, 15) is 9.18 Å². The summed E-state index contributed by atoms with van der Waals surface area (Å²) in [5.41, 5.74) is 2.78. The number of halogens is 2. The third-order valence-corrected chi connectivity index (χ3v) is 4.99. The van der Waals surface area contributed by atoms with Crippen LogP contribution in [-0.2, 0) is 11.2 Å². The summed E-state index contributed by atoms with van der Waals surface area (Å²) in [4.78, 5) is 25.2. The van der Waals surface area contributed by atoms with Gasteiger partial charge in [-0.25, -0.2) is 14.4 Å². The Morgan fingerprint density at radius 1 is 1.22 bits per heavy atom. The van der Waals surface area contributed by atoms with E-state index in [1.807, 2.05) is 19.9 Å². The molecular weight excluding hydrogens is 367 g/mol. The van der Waals surface area contributed by atoms with E-state index in [0.717, 1.165) is 22.6 Å². The van der Waals surface area contributed by atoms with E-state index in [-0.39, 0.29) is 11.7 Å². The second kappa shape index (κ2) is 8.21. The largest absolute Gasteiger partial charge is 0.353 e. The number of carbonyl (C=O) groups is 1. The Bertz CT molecular complexity index is 835. The van der Waals surface area contributed by atoms with Crippen LogP contribution in [0.3, 0.4) is 0 Å². The van der Waals surface area contributed by atoms with Crippen molar-refractivity contribution in [1.29, 1.82) is 0 Å². The molecule has 1 amide bonds. The number of aromatic nitrogens is 2. The van der Waals surface area contributed by atoms with Crippen LogP contribution in [0.1, 0.15) is 29.6 Å². The van der Waals surface area contributed by atoms with Crippen LogP contribution in [0, 0.1) is 19.7 Å². The highest BCUT2D eigenvalue weighted by atomic mass is 35.5. The molecule has 0 saturated carbocycles. The van der Waals surface area contributed by atoms with E-state index >= 15 is 0 Å². The normalized spacial score (nSPS) is 15.7. The summed E-state index contributed by atoms with van der Waals surface area (Å²) in [5, 5.41) is -0.511. The Balaban J connectivity index is 1.84. The van der Waals surface area contributed by atoms with Gasteiger partial charge in [-0.15, -0.1) is 11.6 Å². The molecule has 1 aliphatic rings. The molecule has 0 aliphatic carbocycles. The minimum atomic E-state index is -0.511. The fourth-order valence-electron chi connectivity index (χ4n) is 3.43. The van der Waals surface area contributed by atoms with Crippen molar-refractivity contribution in [1.82, 2.24) is 14.9 Å². The van der Waals surface area contributed by atoms with E-state index in [1.165, 1.54) is 6.07 Å². The summed E-state index contributed by atoms with van der Waals surface area (Å²) in [6, 6.07) is 6.61. The van der Waals surface area contributed by atoms with Gasteiger partial charge >= 0.3 is 0 Å². The quantitative estimate of drug-likeness (QED) is 0.753. The Labute approximate surface area is 164 Å². The van der Waals surface area contributed by atoms with Crippen LogP contribution < -0.4 is 4.90 Å². The van der Waals surface area contributed by atoms with Crippen LogP contribution in [0.2, 0.25) is 0 Å². The Kier molecular flexibility index (Phi) is 5.95. The molecular formula is C20H24ClFN4O. The smallest absolute Gasteiger partial charge is 0.240 e. The fraction of sp³-hybridized carbons (Fsp3) is 0.450. The minimum Gasteiger partial charge on any atom is -0.353 e. The standard InChI is InChI=1S/C20H24ClFN4O/c1-13(21)20(27)26-9-7-25(8-10-26)19-18(14(2)23-15(3)24-19)12-16-5-4-6-17(22)11-16/h4-6,11,13H,7-10,12H2,1-3H3. The summed E-state index contributed by atoms with van der Waals surface area (Å²) in [7, 11) is 0. The topological polar surface area (TPSA) is 49.3 Å². The molecule has 1 aliphatic heterocycles. The van der Waals surface area contributed by atoms with Gasteiger partial charge in [-0.2, -0.15) is 0 Å². The number of aryl methyl sites for hydroxylation is 2. The van der Waals surface area contributed by atoms with Crippen LogP contribution in [0.15, 0.2) is 24.3 Å². The predicted molar refractivity (Wildman–Crippen MR) is 105 cm³/mol. The van der Waals surface area contributed by atoms with E-state index < -0.39 is 5.38 Å². The first-order valence-electron chi connectivity index (χ1n) is 9.11. The molecule has 1 atom stereocenters. The first kappa shape index (κ1) is 19.5. The van der Waals surface area contributed by atoms with Gasteiger partial charge in [-0.3, -0.25) is 4.79 Å². The molecule has 0 bridgehead atoms. The lowest BCUT2D eigenvalue weighted by molar-refractivity contribution is -0.130. The van der Waals surface area contributed by atoms with Gasteiger partial charge in [0, 0.05) is 43.9 Å². The molecule has 0 radical (unpaired) electrons. The highest BCUT2D eigenvalue weighted by molar-refractivity contribution is 6.30. The van der Waals surface area contributed by atoms with Crippen molar-refractivity contribution in [3.05, 3.63) is 52.7 Å². The molecule has 144 valence electrons. The number of benzene rings is 1. The van der Waals surface area contributed by atoms with Gasteiger partial charge in [0.25, 0.3) is 0 Å². The van der Waals surface area contributed by atoms with Gasteiger partial charge < -0.3 is 9.80 Å². The predicted octanol–water partition coefficient (Wildman–Crippen LogP) is 3.10. The molecule has 1 unspecified atom stereocenters. The third kappa shape index (κ3) is 4.56. The number of amides is 1. The van der Waals surface area contributed by atoms with Crippen molar-refractivity contribution >= 4 is 23.3 Å². The number of piperazine rings is 1. The Morgan fingerprint density at radius 3 is 2.56 bits per heavy atom. The lowest BCUT2D eigenvalue weighted by atomic mass is 10.0. The summed E-state index contributed by atoms with van der Waals surface area (Å²) >= 11 is 5.93. The zero-order valence-electron chi connectivity index (χ0n) is 15.9. The molecule has 3 rings (SSSR count). The van der Waals surface area contributed by atoms with Gasteiger partial charge in [-0.1, -0.05) is 12.1 Å². The van der Waals surface area contributed by atoms with E-state index in [2.05, 4.69) is 14.9 Å². The molecule has 5 nitrogen and oxygen atoms in total. The lowest BCUT2D eigenvalue weighted by Crippen LogP contribution is -2.51. The molecule has 2 aromatic rings. The number of rotatable bonds is 4. The number of hydrogen-bond donors (Lipinski definition) is 0. The van der Waals surface area contributed by atoms with Gasteiger partial charge in [0.05, 0.1) is 0 Å². The lowest BCUT2D eigenvalue weighted by Gasteiger charge is -2.37. The number of nitrogens with zero attached hydrogens (tertiary/aromatic N) is 4. The molecule has 1 aromatic carbocycles. The van der Waals surface area contributed by atoms with E-state index in [4.69, 9.17) is 11.6 Å². The first-order valence-corrected chi connectivity index (χ1v) is 9.55. The molecule has 1 aromatic heterocycles. The molecule has 7 heteroatoms. The second-order valence-corrected chi connectivity index (χ2v) is 7.55. The van der Waals surface area contributed by atoms with E-state index in [0.29, 0.717) is 38.4 Å². The SMILES string of the molecule is Cc1nc(C)c(Cc2cccc(F)c2)c(N2CCN(C(=O)C(C)Cl)CC2)n1. The van der Waals surface area contributed by atoms with Crippen LogP contribution in [0.4, 0.5) is 10.2 Å². The Morgan fingerprint density at radius 2 is 1.93 bits per heavy atom. The molecule has 1 saturated heterocycles. The number of carbonyl (C=O) groups excluding carboxylic acids is 1. The van der Waals surface area contributed by atoms with Crippen molar-refractivity contribution in [2.24, 2.45) is 0 Å².